The Hall–Kier alpha value is -0.190. The summed E-state index contributed by atoms with van der Waals surface area (Å²) in [4.78, 5) is 4.29. The summed E-state index contributed by atoms with van der Waals surface area (Å²) in [5, 5.41) is 1.03. The number of thiazole rings is 1. The Morgan fingerprint density at radius 3 is 2.54 bits per heavy atom. The van der Waals surface area contributed by atoms with Crippen molar-refractivity contribution in [1.29, 1.82) is 0 Å². The molecule has 0 saturated heterocycles. The standard InChI is InChI=1S/C9H5Br2NS/c10-7-4-2-1-3-6(7)9-12-5-8(11)13-9/h1-5H. The fraction of sp³-hybridized carbons (Fsp3) is 0. The van der Waals surface area contributed by atoms with Gasteiger partial charge in [-0.1, -0.05) is 34.1 Å². The molecule has 1 aromatic heterocycles. The van der Waals surface area contributed by atoms with Gasteiger partial charge in [0.05, 0.1) is 9.98 Å². The molecule has 0 fully saturated rings. The summed E-state index contributed by atoms with van der Waals surface area (Å²) in [6, 6.07) is 8.08. The maximum absolute atomic E-state index is 4.29. The fourth-order valence-corrected chi connectivity index (χ4v) is 2.86. The number of halogens is 2. The smallest absolute Gasteiger partial charge is 0.125 e. The van der Waals surface area contributed by atoms with Crippen LogP contribution in [0.15, 0.2) is 38.7 Å². The van der Waals surface area contributed by atoms with Crippen molar-refractivity contribution >= 4 is 43.2 Å². The first kappa shape index (κ1) is 9.37. The minimum absolute atomic E-state index is 1.03. The molecule has 0 saturated carbocycles. The third-order valence-electron chi connectivity index (χ3n) is 1.58. The lowest BCUT2D eigenvalue weighted by atomic mass is 10.2. The van der Waals surface area contributed by atoms with Crippen molar-refractivity contribution in [3.63, 3.8) is 0 Å². The van der Waals surface area contributed by atoms with Crippen LogP contribution >= 0.6 is 43.2 Å². The molecular weight excluding hydrogens is 314 g/mol. The molecule has 0 N–H and O–H groups in total. The van der Waals surface area contributed by atoms with Gasteiger partial charge in [0.15, 0.2) is 0 Å². The van der Waals surface area contributed by atoms with Crippen molar-refractivity contribution in [3.05, 3.63) is 38.7 Å². The molecule has 1 aromatic carbocycles. The molecule has 2 aromatic rings. The summed E-state index contributed by atoms with van der Waals surface area (Å²) in [6.07, 6.45) is 1.82. The van der Waals surface area contributed by atoms with Crippen molar-refractivity contribution in [2.24, 2.45) is 0 Å². The van der Waals surface area contributed by atoms with E-state index in [1.807, 2.05) is 24.4 Å². The molecule has 0 aliphatic heterocycles. The molecular formula is C9H5Br2NS. The monoisotopic (exact) mass is 317 g/mol. The third-order valence-corrected chi connectivity index (χ3v) is 3.78. The zero-order valence-electron chi connectivity index (χ0n) is 6.50. The number of aromatic nitrogens is 1. The first-order valence-electron chi connectivity index (χ1n) is 3.63. The molecule has 0 aliphatic rings. The van der Waals surface area contributed by atoms with E-state index in [9.17, 15) is 0 Å². The molecule has 0 atom stereocenters. The summed E-state index contributed by atoms with van der Waals surface area (Å²) in [7, 11) is 0. The van der Waals surface area contributed by atoms with Crippen LogP contribution in [0.2, 0.25) is 0 Å². The highest BCUT2D eigenvalue weighted by Crippen LogP contribution is 2.32. The number of rotatable bonds is 1. The number of benzene rings is 1. The Bertz CT molecular complexity index is 425. The first-order valence-corrected chi connectivity index (χ1v) is 6.04. The van der Waals surface area contributed by atoms with E-state index in [1.54, 1.807) is 11.3 Å². The van der Waals surface area contributed by atoms with Crippen molar-refractivity contribution < 1.29 is 0 Å². The average molecular weight is 319 g/mol. The summed E-state index contributed by atoms with van der Waals surface area (Å²) < 4.78 is 2.13. The van der Waals surface area contributed by atoms with Crippen LogP contribution in [-0.4, -0.2) is 4.98 Å². The third kappa shape index (κ3) is 2.00. The van der Waals surface area contributed by atoms with Crippen molar-refractivity contribution in [1.82, 2.24) is 4.98 Å². The van der Waals surface area contributed by atoms with Crippen LogP contribution in [0.4, 0.5) is 0 Å². The van der Waals surface area contributed by atoms with Crippen LogP contribution in [0, 0.1) is 0 Å². The van der Waals surface area contributed by atoms with Gasteiger partial charge in [0.1, 0.15) is 5.01 Å². The van der Waals surface area contributed by atoms with Crippen LogP contribution < -0.4 is 0 Å². The number of hydrogen-bond acceptors (Lipinski definition) is 2. The van der Waals surface area contributed by atoms with Crippen LogP contribution in [0.3, 0.4) is 0 Å². The summed E-state index contributed by atoms with van der Waals surface area (Å²) in [5.74, 6) is 0. The van der Waals surface area contributed by atoms with E-state index < -0.39 is 0 Å². The molecule has 66 valence electrons. The predicted octanol–water partition coefficient (Wildman–Crippen LogP) is 4.34. The molecule has 0 bridgehead atoms. The minimum atomic E-state index is 1.03. The highest BCUT2D eigenvalue weighted by Gasteiger charge is 2.05. The predicted molar refractivity (Wildman–Crippen MR) is 63.0 cm³/mol. The van der Waals surface area contributed by atoms with Crippen LogP contribution in [-0.2, 0) is 0 Å². The van der Waals surface area contributed by atoms with E-state index in [4.69, 9.17) is 0 Å². The van der Waals surface area contributed by atoms with E-state index in [1.165, 1.54) is 0 Å². The highest BCUT2D eigenvalue weighted by atomic mass is 79.9. The average Bonchev–Trinajstić information content (AvgIpc) is 2.53. The van der Waals surface area contributed by atoms with Crippen molar-refractivity contribution in [2.45, 2.75) is 0 Å². The molecule has 0 amide bonds. The van der Waals surface area contributed by atoms with Crippen LogP contribution in [0.25, 0.3) is 10.6 Å². The topological polar surface area (TPSA) is 12.9 Å². The van der Waals surface area contributed by atoms with Gasteiger partial charge in [0, 0.05) is 10.0 Å². The molecule has 0 spiro atoms. The lowest BCUT2D eigenvalue weighted by molar-refractivity contribution is 1.40. The fourth-order valence-electron chi connectivity index (χ4n) is 1.01. The van der Waals surface area contributed by atoms with Gasteiger partial charge in [-0.25, -0.2) is 4.98 Å². The number of hydrogen-bond donors (Lipinski definition) is 0. The van der Waals surface area contributed by atoms with Crippen molar-refractivity contribution in [3.8, 4) is 10.6 Å². The Labute approximate surface area is 97.1 Å². The van der Waals surface area contributed by atoms with Gasteiger partial charge in [-0.05, 0) is 22.0 Å². The molecule has 0 aliphatic carbocycles. The van der Waals surface area contributed by atoms with Gasteiger partial charge in [0.2, 0.25) is 0 Å². The Morgan fingerprint density at radius 1 is 1.15 bits per heavy atom. The lowest BCUT2D eigenvalue weighted by Crippen LogP contribution is -1.75. The van der Waals surface area contributed by atoms with Crippen LogP contribution in [0.5, 0.6) is 0 Å². The Morgan fingerprint density at radius 2 is 1.92 bits per heavy atom. The maximum atomic E-state index is 4.29. The SMILES string of the molecule is Brc1cnc(-c2ccccc2Br)s1. The van der Waals surface area contributed by atoms with Gasteiger partial charge in [-0.3, -0.25) is 0 Å². The van der Waals surface area contributed by atoms with Gasteiger partial charge in [0.25, 0.3) is 0 Å². The highest BCUT2D eigenvalue weighted by molar-refractivity contribution is 9.11. The molecule has 1 heterocycles. The Balaban J connectivity index is 2.52. The summed E-state index contributed by atoms with van der Waals surface area (Å²) >= 11 is 8.52. The second-order valence-corrected chi connectivity index (χ2v) is 5.71. The van der Waals surface area contributed by atoms with Gasteiger partial charge in [-0.2, -0.15) is 0 Å². The zero-order valence-corrected chi connectivity index (χ0v) is 10.5. The van der Waals surface area contributed by atoms with E-state index in [-0.39, 0.29) is 0 Å². The van der Waals surface area contributed by atoms with E-state index >= 15 is 0 Å². The minimum Gasteiger partial charge on any atom is -0.243 e. The normalized spacial score (nSPS) is 10.3. The largest absolute Gasteiger partial charge is 0.243 e. The second-order valence-electron chi connectivity index (χ2n) is 2.45. The quantitative estimate of drug-likeness (QED) is 0.762. The first-order chi connectivity index (χ1) is 6.27. The van der Waals surface area contributed by atoms with Gasteiger partial charge >= 0.3 is 0 Å². The van der Waals surface area contributed by atoms with E-state index in [2.05, 4.69) is 42.9 Å². The molecule has 4 heteroatoms. The maximum Gasteiger partial charge on any atom is 0.125 e. The Kier molecular flexibility index (Phi) is 2.81. The molecule has 2 rings (SSSR count). The zero-order chi connectivity index (χ0) is 9.26. The van der Waals surface area contributed by atoms with Crippen LogP contribution in [0.1, 0.15) is 0 Å². The molecule has 0 radical (unpaired) electrons. The summed E-state index contributed by atoms with van der Waals surface area (Å²) in [5.41, 5.74) is 1.14. The lowest BCUT2D eigenvalue weighted by Gasteiger charge is -1.97. The molecule has 0 unspecified atom stereocenters. The number of nitrogens with zero attached hydrogens (tertiary/aromatic N) is 1. The molecule has 1 nitrogen and oxygen atoms in total. The van der Waals surface area contributed by atoms with E-state index in [0.29, 0.717) is 0 Å². The van der Waals surface area contributed by atoms with Crippen molar-refractivity contribution in [2.75, 3.05) is 0 Å². The van der Waals surface area contributed by atoms with Gasteiger partial charge < -0.3 is 0 Å². The summed E-state index contributed by atoms with van der Waals surface area (Å²) in [6.45, 7) is 0. The van der Waals surface area contributed by atoms with E-state index in [0.717, 1.165) is 18.8 Å². The molecule has 13 heavy (non-hydrogen) atoms. The second kappa shape index (κ2) is 3.90. The van der Waals surface area contributed by atoms with Gasteiger partial charge in [-0.15, -0.1) is 11.3 Å².